The molecule has 1 saturated heterocycles. The van der Waals surface area contributed by atoms with Crippen molar-refractivity contribution in [1.29, 1.82) is 0 Å². The van der Waals surface area contributed by atoms with Gasteiger partial charge in [0.25, 0.3) is 5.56 Å². The second-order valence-corrected chi connectivity index (χ2v) is 10.2. The van der Waals surface area contributed by atoms with Gasteiger partial charge in [0.2, 0.25) is 0 Å². The lowest BCUT2D eigenvalue weighted by atomic mass is 9.58. The summed E-state index contributed by atoms with van der Waals surface area (Å²) in [5.41, 5.74) is 4.11. The molecule has 8 nitrogen and oxygen atoms in total. The molecule has 4 heterocycles. The molecule has 0 atom stereocenters. The zero-order valence-corrected chi connectivity index (χ0v) is 19.9. The number of nitrogens with one attached hydrogen (secondary N) is 1. The Morgan fingerprint density at radius 3 is 2.68 bits per heavy atom. The second-order valence-electron chi connectivity index (χ2n) is 10.2. The van der Waals surface area contributed by atoms with Gasteiger partial charge in [-0.2, -0.15) is 0 Å². The zero-order valence-electron chi connectivity index (χ0n) is 19.9. The van der Waals surface area contributed by atoms with Crippen molar-refractivity contribution in [2.24, 2.45) is 13.0 Å². The third-order valence-corrected chi connectivity index (χ3v) is 7.65. The van der Waals surface area contributed by atoms with E-state index >= 15 is 0 Å². The van der Waals surface area contributed by atoms with Crippen LogP contribution in [0.5, 0.6) is 0 Å². The minimum Gasteiger partial charge on any atom is -0.351 e. The molecule has 4 aromatic rings. The molecule has 0 amide bonds. The lowest BCUT2D eigenvalue weighted by molar-refractivity contribution is 0.185. The van der Waals surface area contributed by atoms with E-state index in [2.05, 4.69) is 44.1 Å². The number of aromatic nitrogens is 6. The summed E-state index contributed by atoms with van der Waals surface area (Å²) < 4.78 is 3.67. The van der Waals surface area contributed by atoms with E-state index in [-0.39, 0.29) is 11.0 Å². The fourth-order valence-electron chi connectivity index (χ4n) is 6.03. The van der Waals surface area contributed by atoms with E-state index in [4.69, 9.17) is 0 Å². The molecular weight excluding hydrogens is 426 g/mol. The molecular formula is C26H31N7O. The van der Waals surface area contributed by atoms with Crippen LogP contribution in [-0.2, 0) is 19.0 Å². The highest BCUT2D eigenvalue weighted by atomic mass is 16.1. The topological polar surface area (TPSA) is 84.6 Å². The van der Waals surface area contributed by atoms with Gasteiger partial charge in [-0.15, -0.1) is 10.2 Å². The predicted octanol–water partition coefficient (Wildman–Crippen LogP) is 3.54. The third-order valence-electron chi connectivity index (χ3n) is 7.65. The number of aromatic amines is 1. The molecule has 1 aliphatic heterocycles. The average Bonchev–Trinajstić information content (AvgIpc) is 3.44. The second kappa shape index (κ2) is 8.20. The number of rotatable bonds is 5. The van der Waals surface area contributed by atoms with Gasteiger partial charge in [0.05, 0.1) is 16.6 Å². The molecule has 0 bridgehead atoms. The van der Waals surface area contributed by atoms with Gasteiger partial charge in [-0.3, -0.25) is 14.3 Å². The fourth-order valence-corrected chi connectivity index (χ4v) is 6.03. The van der Waals surface area contributed by atoms with Gasteiger partial charge in [0, 0.05) is 19.3 Å². The smallest absolute Gasteiger partial charge is 0.282 e. The number of piperidine rings is 1. The Hall–Kier alpha value is -3.26. The number of fused-ring (bicyclic) bond motifs is 1. The first kappa shape index (κ1) is 21.3. The van der Waals surface area contributed by atoms with Crippen molar-refractivity contribution in [3.63, 3.8) is 0 Å². The summed E-state index contributed by atoms with van der Waals surface area (Å²) >= 11 is 0. The van der Waals surface area contributed by atoms with Crippen molar-refractivity contribution in [3.8, 4) is 5.69 Å². The van der Waals surface area contributed by atoms with Gasteiger partial charge in [-0.1, -0.05) is 25.5 Å². The summed E-state index contributed by atoms with van der Waals surface area (Å²) in [4.78, 5) is 23.9. The third kappa shape index (κ3) is 3.48. The number of H-pyrrole nitrogens is 1. The Labute approximate surface area is 198 Å². The maximum atomic E-state index is 13.5. The highest BCUT2D eigenvalue weighted by molar-refractivity contribution is 5.75. The Balaban J connectivity index is 1.36. The molecule has 1 aromatic carbocycles. The van der Waals surface area contributed by atoms with Crippen LogP contribution >= 0.6 is 0 Å². The summed E-state index contributed by atoms with van der Waals surface area (Å²) in [5, 5.41) is 8.59. The molecule has 1 saturated carbocycles. The first-order valence-corrected chi connectivity index (χ1v) is 12.3. The van der Waals surface area contributed by atoms with Crippen molar-refractivity contribution in [3.05, 3.63) is 70.4 Å². The Morgan fingerprint density at radius 2 is 1.94 bits per heavy atom. The molecule has 0 unspecified atom stereocenters. The van der Waals surface area contributed by atoms with Crippen LogP contribution in [0.3, 0.4) is 0 Å². The summed E-state index contributed by atoms with van der Waals surface area (Å²) in [6.45, 7) is 5.34. The van der Waals surface area contributed by atoms with Crippen molar-refractivity contribution in [2.45, 2.75) is 51.0 Å². The zero-order chi connectivity index (χ0) is 23.3. The molecule has 0 spiro atoms. The minimum absolute atomic E-state index is 0.0678. The van der Waals surface area contributed by atoms with Crippen molar-refractivity contribution < 1.29 is 0 Å². The highest BCUT2D eigenvalue weighted by Gasteiger charge is 2.48. The van der Waals surface area contributed by atoms with Crippen LogP contribution in [0, 0.1) is 5.92 Å². The monoisotopic (exact) mass is 457 g/mol. The van der Waals surface area contributed by atoms with Crippen molar-refractivity contribution in [2.75, 3.05) is 13.1 Å². The summed E-state index contributed by atoms with van der Waals surface area (Å²) in [7, 11) is 2.00. The summed E-state index contributed by atoms with van der Waals surface area (Å²) in [6, 6.07) is 10.3. The minimum atomic E-state index is -0.171. The molecule has 3 aromatic heterocycles. The molecule has 2 fully saturated rings. The van der Waals surface area contributed by atoms with E-state index in [0.717, 1.165) is 55.2 Å². The van der Waals surface area contributed by atoms with Crippen LogP contribution in [0.25, 0.3) is 16.7 Å². The molecule has 8 heteroatoms. The number of aryl methyl sites for hydroxylation is 1. The molecule has 6 rings (SSSR count). The highest BCUT2D eigenvalue weighted by Crippen LogP contribution is 2.51. The number of likely N-dealkylation sites (tertiary alicyclic amines) is 1. The van der Waals surface area contributed by atoms with Crippen molar-refractivity contribution >= 4 is 11.0 Å². The molecule has 176 valence electrons. The maximum Gasteiger partial charge on any atom is 0.282 e. The maximum absolute atomic E-state index is 13.5. The van der Waals surface area contributed by atoms with Gasteiger partial charge >= 0.3 is 0 Å². The Morgan fingerprint density at radius 1 is 1.12 bits per heavy atom. The number of hydrogen-bond acceptors (Lipinski definition) is 5. The fraction of sp³-hybridized carbons (Fsp3) is 0.462. The van der Waals surface area contributed by atoms with E-state index in [1.54, 1.807) is 17.2 Å². The Bertz CT molecular complexity index is 1390. The van der Waals surface area contributed by atoms with E-state index < -0.39 is 0 Å². The quantitative estimate of drug-likeness (QED) is 0.496. The van der Waals surface area contributed by atoms with Gasteiger partial charge < -0.3 is 9.55 Å². The average molecular weight is 458 g/mol. The summed E-state index contributed by atoms with van der Waals surface area (Å²) in [5.74, 6) is 1.61. The van der Waals surface area contributed by atoms with Gasteiger partial charge in [-0.05, 0) is 68.5 Å². The number of nitrogens with zero attached hydrogens (tertiary/aromatic N) is 6. The SMILES string of the molecule is CC1CC(c2cccc(-n3cnc4cc(CN5CCCCC5)[nH]c4c3=O)c2)(c2nncn2C)C1. The lowest BCUT2D eigenvalue weighted by Gasteiger charge is -2.46. The van der Waals surface area contributed by atoms with Crippen LogP contribution in [0.4, 0.5) is 0 Å². The molecule has 34 heavy (non-hydrogen) atoms. The normalized spacial score (nSPS) is 23.3. The number of benzene rings is 1. The van der Waals surface area contributed by atoms with Crippen LogP contribution in [0.2, 0.25) is 0 Å². The first-order valence-electron chi connectivity index (χ1n) is 12.3. The molecule has 2 aliphatic rings. The van der Waals surface area contributed by atoms with E-state index in [0.29, 0.717) is 11.4 Å². The Kier molecular flexibility index (Phi) is 5.13. The van der Waals surface area contributed by atoms with Crippen LogP contribution in [0.15, 0.2) is 47.8 Å². The van der Waals surface area contributed by atoms with Gasteiger partial charge in [-0.25, -0.2) is 4.98 Å². The van der Waals surface area contributed by atoms with E-state index in [1.807, 2.05) is 29.8 Å². The summed E-state index contributed by atoms with van der Waals surface area (Å²) in [6.07, 6.45) is 9.26. The van der Waals surface area contributed by atoms with E-state index in [9.17, 15) is 4.79 Å². The van der Waals surface area contributed by atoms with Crippen LogP contribution in [-0.4, -0.2) is 47.3 Å². The lowest BCUT2D eigenvalue weighted by Crippen LogP contribution is -2.43. The molecule has 1 N–H and O–H groups in total. The first-order chi connectivity index (χ1) is 16.5. The molecule has 0 radical (unpaired) electrons. The predicted molar refractivity (Wildman–Crippen MR) is 131 cm³/mol. The van der Waals surface area contributed by atoms with E-state index in [1.165, 1.54) is 24.8 Å². The van der Waals surface area contributed by atoms with Crippen molar-refractivity contribution in [1.82, 2.24) is 34.2 Å². The van der Waals surface area contributed by atoms with Gasteiger partial charge in [0.15, 0.2) is 0 Å². The van der Waals surface area contributed by atoms with Crippen LogP contribution in [0.1, 0.15) is 56.1 Å². The van der Waals surface area contributed by atoms with Crippen LogP contribution < -0.4 is 5.56 Å². The standard InChI is InChI=1S/C26H31N7O/c1-18-13-26(14-18,25-30-28-17-31(25)2)19-7-6-8-21(11-19)33-16-27-22-12-20(29-23(22)24(33)34)15-32-9-4-3-5-10-32/h6-8,11-12,16-18,29H,3-5,9-10,13-15H2,1-2H3. The number of hydrogen-bond donors (Lipinski definition) is 1. The largest absolute Gasteiger partial charge is 0.351 e. The van der Waals surface area contributed by atoms with Gasteiger partial charge in [0.1, 0.15) is 24.0 Å². The molecule has 1 aliphatic carbocycles.